The van der Waals surface area contributed by atoms with E-state index in [9.17, 15) is 4.79 Å². The molecule has 100 valence electrons. The van der Waals surface area contributed by atoms with Crippen LogP contribution in [0.15, 0.2) is 24.3 Å². The monoisotopic (exact) mass is 250 g/mol. The van der Waals surface area contributed by atoms with Crippen LogP contribution in [0.3, 0.4) is 0 Å². The molecule has 0 fully saturated rings. The first kappa shape index (κ1) is 14.4. The highest BCUT2D eigenvalue weighted by Gasteiger charge is 2.02. The van der Waals surface area contributed by atoms with Gasteiger partial charge in [-0.2, -0.15) is 0 Å². The number of likely N-dealkylation sites (N-methyl/N-ethyl adjacent to an activating group) is 1. The number of hydrogen-bond donors (Lipinski definition) is 2. The highest BCUT2D eigenvalue weighted by Crippen LogP contribution is 2.17. The Hall–Kier alpha value is -1.71. The van der Waals surface area contributed by atoms with Gasteiger partial charge in [-0.15, -0.1) is 0 Å². The Morgan fingerprint density at radius 3 is 2.50 bits per heavy atom. The molecule has 4 nitrogen and oxygen atoms in total. The van der Waals surface area contributed by atoms with Gasteiger partial charge in [0.05, 0.1) is 12.6 Å². The second-order valence-electron chi connectivity index (χ2n) is 4.17. The van der Waals surface area contributed by atoms with E-state index in [-0.39, 0.29) is 12.0 Å². The van der Waals surface area contributed by atoms with Gasteiger partial charge in [0.25, 0.3) is 0 Å². The average molecular weight is 250 g/mol. The molecule has 4 heteroatoms. The lowest BCUT2D eigenvalue weighted by molar-refractivity contribution is -0.119. The van der Waals surface area contributed by atoms with Gasteiger partial charge in [-0.05, 0) is 44.5 Å². The molecule has 1 atom stereocenters. The molecule has 0 saturated heterocycles. The van der Waals surface area contributed by atoms with E-state index in [4.69, 9.17) is 4.74 Å². The zero-order valence-corrected chi connectivity index (χ0v) is 11.3. The largest absolute Gasteiger partial charge is 0.491 e. The Morgan fingerprint density at radius 2 is 1.94 bits per heavy atom. The van der Waals surface area contributed by atoms with Crippen LogP contribution >= 0.6 is 0 Å². The van der Waals surface area contributed by atoms with Crippen LogP contribution in [0.2, 0.25) is 0 Å². The Labute approximate surface area is 109 Å². The van der Waals surface area contributed by atoms with Gasteiger partial charge in [0.2, 0.25) is 5.91 Å². The van der Waals surface area contributed by atoms with Crippen LogP contribution in [0.5, 0.6) is 5.75 Å². The first-order chi connectivity index (χ1) is 8.65. The van der Waals surface area contributed by atoms with E-state index in [0.29, 0.717) is 13.1 Å². The van der Waals surface area contributed by atoms with Gasteiger partial charge in [0.15, 0.2) is 0 Å². The topological polar surface area (TPSA) is 50.4 Å². The van der Waals surface area contributed by atoms with Crippen LogP contribution in [-0.4, -0.2) is 25.1 Å². The molecule has 1 aromatic rings. The molecule has 0 spiro atoms. The average Bonchev–Trinajstić information content (AvgIpc) is 2.38. The molecule has 1 unspecified atom stereocenters. The number of carbonyl (C=O) groups is 1. The maximum Gasteiger partial charge on any atom is 0.239 e. The molecule has 0 bridgehead atoms. The molecule has 0 radical (unpaired) electrons. The third-order valence-corrected chi connectivity index (χ3v) is 2.59. The fraction of sp³-hybridized carbons (Fsp3) is 0.500. The Balaban J connectivity index is 2.42. The van der Waals surface area contributed by atoms with E-state index in [0.717, 1.165) is 17.9 Å². The molecular formula is C14H22N2O2. The molecule has 2 N–H and O–H groups in total. The Morgan fingerprint density at radius 1 is 1.28 bits per heavy atom. The number of carbonyl (C=O) groups excluding carboxylic acids is 1. The minimum atomic E-state index is -0.00238. The summed E-state index contributed by atoms with van der Waals surface area (Å²) >= 11 is 0. The third-order valence-electron chi connectivity index (χ3n) is 2.59. The SMILES string of the molecule is CCNC(=O)CNc1ccc(OC(C)CC)cc1. The summed E-state index contributed by atoms with van der Waals surface area (Å²) in [5, 5.41) is 5.79. The smallest absolute Gasteiger partial charge is 0.239 e. The molecule has 0 aliphatic carbocycles. The number of amides is 1. The van der Waals surface area contributed by atoms with Gasteiger partial charge in [-0.1, -0.05) is 6.92 Å². The normalized spacial score (nSPS) is 11.7. The summed E-state index contributed by atoms with van der Waals surface area (Å²) in [6, 6.07) is 7.65. The molecule has 1 rings (SSSR count). The van der Waals surface area contributed by atoms with E-state index < -0.39 is 0 Å². The lowest BCUT2D eigenvalue weighted by Crippen LogP contribution is -2.29. The summed E-state index contributed by atoms with van der Waals surface area (Å²) in [7, 11) is 0. The zero-order valence-electron chi connectivity index (χ0n) is 11.3. The van der Waals surface area contributed by atoms with Gasteiger partial charge in [0, 0.05) is 12.2 Å². The van der Waals surface area contributed by atoms with E-state index in [1.165, 1.54) is 0 Å². The summed E-state index contributed by atoms with van der Waals surface area (Å²) < 4.78 is 5.68. The highest BCUT2D eigenvalue weighted by atomic mass is 16.5. The molecule has 18 heavy (non-hydrogen) atoms. The van der Waals surface area contributed by atoms with Gasteiger partial charge in [-0.25, -0.2) is 0 Å². The van der Waals surface area contributed by atoms with Crippen molar-refractivity contribution in [2.75, 3.05) is 18.4 Å². The fourth-order valence-corrected chi connectivity index (χ4v) is 1.41. The molecule has 0 aliphatic heterocycles. The summed E-state index contributed by atoms with van der Waals surface area (Å²) in [5.41, 5.74) is 0.915. The number of hydrogen-bond acceptors (Lipinski definition) is 3. The number of ether oxygens (including phenoxy) is 1. The van der Waals surface area contributed by atoms with Crippen LogP contribution in [0.1, 0.15) is 27.2 Å². The van der Waals surface area contributed by atoms with Crippen molar-refractivity contribution in [3.63, 3.8) is 0 Å². The van der Waals surface area contributed by atoms with E-state index in [1.54, 1.807) is 0 Å². The van der Waals surface area contributed by atoms with Crippen molar-refractivity contribution in [2.45, 2.75) is 33.3 Å². The van der Waals surface area contributed by atoms with Crippen molar-refractivity contribution in [2.24, 2.45) is 0 Å². The summed E-state index contributed by atoms with van der Waals surface area (Å²) in [4.78, 5) is 11.3. The van der Waals surface area contributed by atoms with E-state index in [1.807, 2.05) is 38.1 Å². The molecular weight excluding hydrogens is 228 g/mol. The number of benzene rings is 1. The first-order valence-electron chi connectivity index (χ1n) is 6.43. The van der Waals surface area contributed by atoms with Gasteiger partial charge in [-0.3, -0.25) is 4.79 Å². The van der Waals surface area contributed by atoms with Crippen LogP contribution in [0.25, 0.3) is 0 Å². The minimum absolute atomic E-state index is 0.00238. The zero-order chi connectivity index (χ0) is 13.4. The van der Waals surface area contributed by atoms with Crippen LogP contribution < -0.4 is 15.4 Å². The maximum atomic E-state index is 11.3. The highest BCUT2D eigenvalue weighted by molar-refractivity contribution is 5.80. The maximum absolute atomic E-state index is 11.3. The van der Waals surface area contributed by atoms with E-state index in [2.05, 4.69) is 17.6 Å². The van der Waals surface area contributed by atoms with Crippen molar-refractivity contribution in [3.8, 4) is 5.75 Å². The van der Waals surface area contributed by atoms with Crippen molar-refractivity contribution in [1.82, 2.24) is 5.32 Å². The van der Waals surface area contributed by atoms with Crippen molar-refractivity contribution < 1.29 is 9.53 Å². The predicted molar refractivity (Wildman–Crippen MR) is 74.0 cm³/mol. The Kier molecular flexibility index (Phi) is 6.05. The molecule has 0 saturated carbocycles. The van der Waals surface area contributed by atoms with Crippen molar-refractivity contribution in [3.05, 3.63) is 24.3 Å². The molecule has 0 aromatic heterocycles. The Bertz CT molecular complexity index is 363. The number of anilines is 1. The first-order valence-corrected chi connectivity index (χ1v) is 6.43. The third kappa shape index (κ3) is 5.08. The molecule has 0 heterocycles. The minimum Gasteiger partial charge on any atom is -0.491 e. The molecule has 0 aliphatic rings. The summed E-state index contributed by atoms with van der Waals surface area (Å²) in [6.07, 6.45) is 1.20. The van der Waals surface area contributed by atoms with Gasteiger partial charge >= 0.3 is 0 Å². The summed E-state index contributed by atoms with van der Waals surface area (Å²) in [5.74, 6) is 0.852. The number of nitrogens with one attached hydrogen (secondary N) is 2. The number of rotatable bonds is 7. The fourth-order valence-electron chi connectivity index (χ4n) is 1.41. The van der Waals surface area contributed by atoms with Gasteiger partial charge < -0.3 is 15.4 Å². The summed E-state index contributed by atoms with van der Waals surface area (Å²) in [6.45, 7) is 6.98. The second-order valence-corrected chi connectivity index (χ2v) is 4.17. The van der Waals surface area contributed by atoms with Gasteiger partial charge in [0.1, 0.15) is 5.75 Å². The van der Waals surface area contributed by atoms with Crippen molar-refractivity contribution >= 4 is 11.6 Å². The molecule has 1 aromatic carbocycles. The predicted octanol–water partition coefficient (Wildman–Crippen LogP) is 2.41. The van der Waals surface area contributed by atoms with E-state index >= 15 is 0 Å². The standard InChI is InChI=1S/C14H22N2O2/c1-4-11(3)18-13-8-6-12(7-9-13)16-10-14(17)15-5-2/h6-9,11,16H,4-5,10H2,1-3H3,(H,15,17). The quantitative estimate of drug-likeness (QED) is 0.781. The molecule has 1 amide bonds. The second kappa shape index (κ2) is 7.58. The van der Waals surface area contributed by atoms with Crippen molar-refractivity contribution in [1.29, 1.82) is 0 Å². The lowest BCUT2D eigenvalue weighted by atomic mass is 10.3. The van der Waals surface area contributed by atoms with Crippen LogP contribution in [0.4, 0.5) is 5.69 Å². The van der Waals surface area contributed by atoms with Crippen LogP contribution in [-0.2, 0) is 4.79 Å². The van der Waals surface area contributed by atoms with Crippen LogP contribution in [0, 0.1) is 0 Å². The lowest BCUT2D eigenvalue weighted by Gasteiger charge is -2.13.